The van der Waals surface area contributed by atoms with Crippen LogP contribution in [0.3, 0.4) is 0 Å². The van der Waals surface area contributed by atoms with Crippen LogP contribution in [0.1, 0.15) is 0 Å². The minimum Gasteiger partial charge on any atom is -0.335 e. The van der Waals surface area contributed by atoms with Crippen molar-refractivity contribution in [3.05, 3.63) is 34.7 Å². The number of carbonyl (C=O) groups is 1. The Morgan fingerprint density at radius 2 is 2.09 bits per heavy atom. The van der Waals surface area contributed by atoms with Crippen molar-refractivity contribution in [3.8, 4) is 0 Å². The van der Waals surface area contributed by atoms with Gasteiger partial charge in [-0.2, -0.15) is 0 Å². The fourth-order valence-corrected chi connectivity index (χ4v) is 0.799. The van der Waals surface area contributed by atoms with Gasteiger partial charge in [0, 0.05) is 6.20 Å². The Kier molecular flexibility index (Phi) is 2.44. The smallest absolute Gasteiger partial charge is 0.211 e. The van der Waals surface area contributed by atoms with Gasteiger partial charge in [0.2, 0.25) is 6.41 Å². The van der Waals surface area contributed by atoms with Crippen molar-refractivity contribution in [2.75, 3.05) is 0 Å². The van der Waals surface area contributed by atoms with Crippen LogP contribution in [0, 0.1) is 0 Å². The van der Waals surface area contributed by atoms with Gasteiger partial charge in [-0.25, -0.2) is 0 Å². The van der Waals surface area contributed by atoms with Gasteiger partial charge >= 0.3 is 0 Å². The molecule has 0 unspecified atom stereocenters. The summed E-state index contributed by atoms with van der Waals surface area (Å²) in [5.41, 5.74) is 0. The van der Waals surface area contributed by atoms with E-state index in [-0.39, 0.29) is 0 Å². The molecule has 0 aromatic heterocycles. The molecule has 1 aromatic rings. The molecular weight excluding hydrogens is 138 g/mol. The summed E-state index contributed by atoms with van der Waals surface area (Å²) < 4.78 is 0. The Labute approximate surface area is 64.9 Å². The molecule has 0 aliphatic carbocycles. The van der Waals surface area contributed by atoms with E-state index in [1.54, 1.807) is 6.20 Å². The Hall–Kier alpha value is -1.57. The van der Waals surface area contributed by atoms with Crippen molar-refractivity contribution >= 4 is 19.2 Å². The molecule has 2 nitrogen and oxygen atoms in total. The number of nitrogens with one attached hydrogen (secondary N) is 1. The van der Waals surface area contributed by atoms with Gasteiger partial charge < -0.3 is 5.32 Å². The Morgan fingerprint density at radius 3 is 2.73 bits per heavy atom. The SMILES string of the molecule is C=c1cccc/c1=C\NC=O. The van der Waals surface area contributed by atoms with Crippen molar-refractivity contribution in [2.45, 2.75) is 0 Å². The predicted octanol–water partition coefficient (Wildman–Crippen LogP) is -0.419. The average Bonchev–Trinajstić information content (AvgIpc) is 2.03. The number of hydrogen-bond acceptors (Lipinski definition) is 1. The molecule has 0 aliphatic heterocycles. The molecule has 0 saturated heterocycles. The van der Waals surface area contributed by atoms with E-state index in [4.69, 9.17) is 0 Å². The molecule has 2 heteroatoms. The van der Waals surface area contributed by atoms with Gasteiger partial charge in [-0.1, -0.05) is 30.8 Å². The van der Waals surface area contributed by atoms with Gasteiger partial charge in [-0.3, -0.25) is 4.79 Å². The van der Waals surface area contributed by atoms with Crippen molar-refractivity contribution in [2.24, 2.45) is 0 Å². The van der Waals surface area contributed by atoms with E-state index in [0.717, 1.165) is 10.4 Å². The van der Waals surface area contributed by atoms with Gasteiger partial charge in [0.15, 0.2) is 0 Å². The maximum Gasteiger partial charge on any atom is 0.211 e. The van der Waals surface area contributed by atoms with Crippen molar-refractivity contribution in [1.29, 1.82) is 0 Å². The van der Waals surface area contributed by atoms with Crippen LogP contribution in [0.25, 0.3) is 12.8 Å². The summed E-state index contributed by atoms with van der Waals surface area (Å²) >= 11 is 0. The second-order valence-corrected chi connectivity index (χ2v) is 2.13. The molecule has 0 bridgehead atoms. The first kappa shape index (κ1) is 7.54. The van der Waals surface area contributed by atoms with Crippen LogP contribution in [0.5, 0.6) is 0 Å². The van der Waals surface area contributed by atoms with Gasteiger partial charge in [0.25, 0.3) is 0 Å². The number of hydrogen-bond donors (Lipinski definition) is 1. The Bertz CT molecular complexity index is 343. The van der Waals surface area contributed by atoms with E-state index in [1.807, 2.05) is 24.3 Å². The highest BCUT2D eigenvalue weighted by molar-refractivity contribution is 5.54. The molecule has 0 heterocycles. The van der Waals surface area contributed by atoms with Gasteiger partial charge in [-0.05, 0) is 10.4 Å². The lowest BCUT2D eigenvalue weighted by molar-refractivity contribution is -0.108. The summed E-state index contributed by atoms with van der Waals surface area (Å²) in [4.78, 5) is 9.93. The maximum atomic E-state index is 9.93. The van der Waals surface area contributed by atoms with Crippen LogP contribution in [-0.2, 0) is 4.79 Å². The summed E-state index contributed by atoms with van der Waals surface area (Å²) in [5, 5.41) is 4.29. The normalized spacial score (nSPS) is 11.1. The Balaban J connectivity index is 3.13. The highest BCUT2D eigenvalue weighted by Crippen LogP contribution is 1.68. The molecule has 56 valence electrons. The van der Waals surface area contributed by atoms with Crippen molar-refractivity contribution in [3.63, 3.8) is 0 Å². The minimum atomic E-state index is 0.631. The quantitative estimate of drug-likeness (QED) is 0.566. The fraction of sp³-hybridized carbons (Fsp3) is 0. The van der Waals surface area contributed by atoms with Crippen LogP contribution in [0.2, 0.25) is 0 Å². The van der Waals surface area contributed by atoms with E-state index in [0.29, 0.717) is 6.41 Å². The summed E-state index contributed by atoms with van der Waals surface area (Å²) in [7, 11) is 0. The number of benzene rings is 1. The highest BCUT2D eigenvalue weighted by Gasteiger charge is 1.77. The molecular formula is C9H9NO. The molecule has 0 fully saturated rings. The van der Waals surface area contributed by atoms with Crippen LogP contribution in [-0.4, -0.2) is 6.41 Å². The lowest BCUT2D eigenvalue weighted by Gasteiger charge is -1.87. The van der Waals surface area contributed by atoms with Crippen LogP contribution >= 0.6 is 0 Å². The molecule has 0 saturated carbocycles. The monoisotopic (exact) mass is 147 g/mol. The number of rotatable bonds is 2. The average molecular weight is 147 g/mol. The third-order valence-corrected chi connectivity index (χ3v) is 1.36. The summed E-state index contributed by atoms with van der Waals surface area (Å²) in [6.45, 7) is 3.79. The summed E-state index contributed by atoms with van der Waals surface area (Å²) in [6.07, 6.45) is 2.25. The van der Waals surface area contributed by atoms with E-state index < -0.39 is 0 Å². The second-order valence-electron chi connectivity index (χ2n) is 2.13. The number of carbonyl (C=O) groups excluding carboxylic acids is 1. The van der Waals surface area contributed by atoms with E-state index in [2.05, 4.69) is 11.9 Å². The molecule has 0 spiro atoms. The van der Waals surface area contributed by atoms with Crippen LogP contribution < -0.4 is 15.8 Å². The van der Waals surface area contributed by atoms with Gasteiger partial charge in [0.1, 0.15) is 0 Å². The molecule has 1 amide bonds. The zero-order valence-electron chi connectivity index (χ0n) is 6.08. The first-order chi connectivity index (χ1) is 5.34. The highest BCUT2D eigenvalue weighted by atomic mass is 16.1. The van der Waals surface area contributed by atoms with Crippen LogP contribution in [0.15, 0.2) is 24.3 Å². The minimum absolute atomic E-state index is 0.631. The lowest BCUT2D eigenvalue weighted by atomic mass is 10.2. The third kappa shape index (κ3) is 1.93. The van der Waals surface area contributed by atoms with Crippen LogP contribution in [0.4, 0.5) is 0 Å². The standard InChI is InChI=1S/C9H9NO/c1-8-4-2-3-5-9(8)6-10-7-11/h2-7H,1H2,(H,10,11)/b9-6+. The lowest BCUT2D eigenvalue weighted by Crippen LogP contribution is -2.24. The topological polar surface area (TPSA) is 29.1 Å². The van der Waals surface area contributed by atoms with E-state index in [1.165, 1.54) is 0 Å². The molecule has 1 rings (SSSR count). The fourth-order valence-electron chi connectivity index (χ4n) is 0.799. The Morgan fingerprint density at radius 1 is 1.36 bits per heavy atom. The summed E-state index contributed by atoms with van der Waals surface area (Å²) in [5.74, 6) is 0. The maximum absolute atomic E-state index is 9.93. The van der Waals surface area contributed by atoms with Gasteiger partial charge in [0.05, 0.1) is 0 Å². The third-order valence-electron chi connectivity index (χ3n) is 1.36. The molecule has 0 aliphatic rings. The molecule has 11 heavy (non-hydrogen) atoms. The summed E-state index contributed by atoms with van der Waals surface area (Å²) in [6, 6.07) is 7.57. The van der Waals surface area contributed by atoms with E-state index in [9.17, 15) is 4.79 Å². The van der Waals surface area contributed by atoms with Crippen molar-refractivity contribution in [1.82, 2.24) is 5.32 Å². The second kappa shape index (κ2) is 3.56. The van der Waals surface area contributed by atoms with Crippen molar-refractivity contribution < 1.29 is 4.79 Å². The molecule has 0 atom stereocenters. The van der Waals surface area contributed by atoms with E-state index >= 15 is 0 Å². The van der Waals surface area contributed by atoms with Gasteiger partial charge in [-0.15, -0.1) is 0 Å². The first-order valence-corrected chi connectivity index (χ1v) is 3.28. The largest absolute Gasteiger partial charge is 0.335 e. The molecule has 0 radical (unpaired) electrons. The zero-order valence-corrected chi connectivity index (χ0v) is 6.08. The zero-order chi connectivity index (χ0) is 8.10. The number of amides is 1. The molecule has 1 aromatic carbocycles. The first-order valence-electron chi connectivity index (χ1n) is 3.28. The molecule has 1 N–H and O–H groups in total. The predicted molar refractivity (Wildman–Crippen MR) is 44.9 cm³/mol.